The molecule has 1 aliphatic heterocycles. The number of ether oxygens (including phenoxy) is 1. The molecule has 18 heavy (non-hydrogen) atoms. The maximum Gasteiger partial charge on any atom is 0.410 e. The van der Waals surface area contributed by atoms with Crippen LogP contribution in [0.1, 0.15) is 32.0 Å². The molecule has 98 valence electrons. The minimum absolute atomic E-state index is 0.122. The fourth-order valence-corrected chi connectivity index (χ4v) is 1.76. The Labute approximate surface area is 105 Å². The van der Waals surface area contributed by atoms with Gasteiger partial charge in [-0.15, -0.1) is 0 Å². The fraction of sp³-hybridized carbons (Fsp3) is 0.545. The molecule has 2 heterocycles. The second kappa shape index (κ2) is 4.01. The number of amides is 1. The Bertz CT molecular complexity index is 495. The highest BCUT2D eigenvalue weighted by atomic mass is 16.6. The van der Waals surface area contributed by atoms with E-state index in [9.17, 15) is 4.79 Å². The lowest BCUT2D eigenvalue weighted by atomic mass is 10.2. The van der Waals surface area contributed by atoms with Crippen LogP contribution in [-0.4, -0.2) is 26.6 Å². The number of carbonyl (C=O) groups is 1. The number of nitrogens with two attached hydrogens (primary N) is 2. The highest BCUT2D eigenvalue weighted by molar-refractivity contribution is 5.70. The summed E-state index contributed by atoms with van der Waals surface area (Å²) in [6.07, 6.45) is -0.390. The van der Waals surface area contributed by atoms with E-state index in [1.807, 2.05) is 20.8 Å². The van der Waals surface area contributed by atoms with Crippen LogP contribution in [0.3, 0.4) is 0 Å². The summed E-state index contributed by atoms with van der Waals surface area (Å²) in [5, 5.41) is 0. The first-order chi connectivity index (χ1) is 8.26. The smallest absolute Gasteiger partial charge is 0.410 e. The summed E-state index contributed by atoms with van der Waals surface area (Å²) >= 11 is 0. The summed E-state index contributed by atoms with van der Waals surface area (Å²) in [4.78, 5) is 21.4. The zero-order valence-electron chi connectivity index (χ0n) is 10.7. The van der Waals surface area contributed by atoms with Gasteiger partial charge in [-0.1, -0.05) is 0 Å². The molecule has 0 saturated heterocycles. The van der Waals surface area contributed by atoms with Crippen LogP contribution in [0.15, 0.2) is 0 Å². The van der Waals surface area contributed by atoms with Crippen LogP contribution in [0.5, 0.6) is 0 Å². The average Bonchev–Trinajstić information content (AvgIpc) is 2.58. The predicted molar refractivity (Wildman–Crippen MR) is 66.3 cm³/mol. The van der Waals surface area contributed by atoms with Crippen LogP contribution in [0.2, 0.25) is 0 Å². The van der Waals surface area contributed by atoms with Crippen LogP contribution >= 0.6 is 0 Å². The van der Waals surface area contributed by atoms with Crippen LogP contribution in [-0.2, 0) is 17.8 Å². The molecule has 0 saturated carbocycles. The van der Waals surface area contributed by atoms with E-state index in [0.717, 1.165) is 5.56 Å². The van der Waals surface area contributed by atoms with Crippen molar-refractivity contribution in [2.24, 2.45) is 0 Å². The number of fused-ring (bicyclic) bond motifs is 1. The van der Waals surface area contributed by atoms with Crippen molar-refractivity contribution in [2.75, 3.05) is 11.5 Å². The summed E-state index contributed by atoms with van der Waals surface area (Å²) in [5.41, 5.74) is 12.2. The third-order valence-corrected chi connectivity index (χ3v) is 2.48. The van der Waals surface area contributed by atoms with Crippen LogP contribution < -0.4 is 11.5 Å². The second-order valence-electron chi connectivity index (χ2n) is 5.23. The Morgan fingerprint density at radius 3 is 2.56 bits per heavy atom. The molecule has 1 aromatic heterocycles. The van der Waals surface area contributed by atoms with Crippen molar-refractivity contribution in [1.29, 1.82) is 0 Å². The van der Waals surface area contributed by atoms with Gasteiger partial charge in [0.2, 0.25) is 5.95 Å². The Morgan fingerprint density at radius 2 is 1.94 bits per heavy atom. The van der Waals surface area contributed by atoms with Gasteiger partial charge in [-0.3, -0.25) is 4.90 Å². The maximum absolute atomic E-state index is 11.9. The molecule has 0 atom stereocenters. The van der Waals surface area contributed by atoms with Gasteiger partial charge in [-0.2, -0.15) is 4.98 Å². The molecule has 7 nitrogen and oxygen atoms in total. The molecular weight excluding hydrogens is 234 g/mol. The minimum Gasteiger partial charge on any atom is -0.444 e. The normalized spacial score (nSPS) is 14.5. The molecule has 1 amide bonds. The summed E-state index contributed by atoms with van der Waals surface area (Å²) in [6.45, 7) is 6.17. The predicted octanol–water partition coefficient (Wildman–Crippen LogP) is 0.892. The van der Waals surface area contributed by atoms with Gasteiger partial charge in [0.05, 0.1) is 18.8 Å². The fourth-order valence-electron chi connectivity index (χ4n) is 1.76. The molecule has 1 aliphatic rings. The number of nitrogen functional groups attached to an aromatic ring is 2. The molecule has 4 N–H and O–H groups in total. The molecule has 1 aromatic rings. The first kappa shape index (κ1) is 12.4. The number of aromatic nitrogens is 2. The van der Waals surface area contributed by atoms with E-state index in [2.05, 4.69) is 9.97 Å². The van der Waals surface area contributed by atoms with E-state index in [1.165, 1.54) is 4.90 Å². The zero-order valence-corrected chi connectivity index (χ0v) is 10.7. The van der Waals surface area contributed by atoms with Gasteiger partial charge in [-0.05, 0) is 20.8 Å². The summed E-state index contributed by atoms with van der Waals surface area (Å²) in [7, 11) is 0. The quantitative estimate of drug-likeness (QED) is 0.709. The highest BCUT2D eigenvalue weighted by Crippen LogP contribution is 2.26. The number of nitrogens with zero attached hydrogens (tertiary/aromatic N) is 3. The molecule has 0 fully saturated rings. The minimum atomic E-state index is -0.526. The van der Waals surface area contributed by atoms with Crippen LogP contribution in [0.4, 0.5) is 16.6 Å². The number of hydrogen-bond acceptors (Lipinski definition) is 6. The van der Waals surface area contributed by atoms with E-state index in [4.69, 9.17) is 16.2 Å². The van der Waals surface area contributed by atoms with Crippen molar-refractivity contribution in [3.05, 3.63) is 11.3 Å². The van der Waals surface area contributed by atoms with E-state index >= 15 is 0 Å². The van der Waals surface area contributed by atoms with E-state index in [0.29, 0.717) is 24.6 Å². The van der Waals surface area contributed by atoms with Crippen molar-refractivity contribution >= 4 is 17.9 Å². The van der Waals surface area contributed by atoms with Crippen molar-refractivity contribution in [3.8, 4) is 0 Å². The van der Waals surface area contributed by atoms with E-state index in [-0.39, 0.29) is 5.95 Å². The largest absolute Gasteiger partial charge is 0.444 e. The topological polar surface area (TPSA) is 107 Å². The van der Waals surface area contributed by atoms with Gasteiger partial charge in [-0.25, -0.2) is 9.78 Å². The van der Waals surface area contributed by atoms with Gasteiger partial charge < -0.3 is 16.2 Å². The SMILES string of the molecule is CC(C)(C)OC(=O)N1Cc2nc(N)nc(N)c2C1. The Morgan fingerprint density at radius 1 is 1.28 bits per heavy atom. The van der Waals surface area contributed by atoms with Gasteiger partial charge >= 0.3 is 6.09 Å². The van der Waals surface area contributed by atoms with Crippen molar-refractivity contribution < 1.29 is 9.53 Å². The number of rotatable bonds is 0. The highest BCUT2D eigenvalue weighted by Gasteiger charge is 2.30. The third kappa shape index (κ3) is 2.44. The van der Waals surface area contributed by atoms with E-state index < -0.39 is 11.7 Å². The van der Waals surface area contributed by atoms with Gasteiger partial charge in [0, 0.05) is 5.56 Å². The average molecular weight is 251 g/mol. The number of anilines is 2. The lowest BCUT2D eigenvalue weighted by Crippen LogP contribution is -2.33. The van der Waals surface area contributed by atoms with Gasteiger partial charge in [0.15, 0.2) is 0 Å². The Hall–Kier alpha value is -2.05. The maximum atomic E-state index is 11.9. The van der Waals surface area contributed by atoms with Crippen LogP contribution in [0, 0.1) is 0 Å². The van der Waals surface area contributed by atoms with Gasteiger partial charge in [0.25, 0.3) is 0 Å². The number of carbonyl (C=O) groups excluding carboxylic acids is 1. The molecular formula is C11H17N5O2. The molecule has 0 unspecified atom stereocenters. The van der Waals surface area contributed by atoms with Gasteiger partial charge in [0.1, 0.15) is 11.4 Å². The summed E-state index contributed by atoms with van der Waals surface area (Å²) < 4.78 is 5.29. The molecule has 0 aromatic carbocycles. The molecule has 2 rings (SSSR count). The number of hydrogen-bond donors (Lipinski definition) is 2. The van der Waals surface area contributed by atoms with Crippen molar-refractivity contribution in [1.82, 2.24) is 14.9 Å². The lowest BCUT2D eigenvalue weighted by Gasteiger charge is -2.23. The first-order valence-electron chi connectivity index (χ1n) is 5.65. The molecule has 0 radical (unpaired) electrons. The Kier molecular flexibility index (Phi) is 2.76. The lowest BCUT2D eigenvalue weighted by molar-refractivity contribution is 0.0241. The molecule has 0 aliphatic carbocycles. The standard InChI is InChI=1S/C11H17N5O2/c1-11(2,3)18-10(17)16-4-6-7(5-16)14-9(13)15-8(6)12/h4-5H2,1-3H3,(H4,12,13,14,15). The van der Waals surface area contributed by atoms with Crippen molar-refractivity contribution in [2.45, 2.75) is 39.5 Å². The molecule has 0 spiro atoms. The summed E-state index contributed by atoms with van der Waals surface area (Å²) in [6, 6.07) is 0. The van der Waals surface area contributed by atoms with E-state index in [1.54, 1.807) is 0 Å². The van der Waals surface area contributed by atoms with Crippen LogP contribution in [0.25, 0.3) is 0 Å². The van der Waals surface area contributed by atoms with Crippen molar-refractivity contribution in [3.63, 3.8) is 0 Å². The zero-order chi connectivity index (χ0) is 13.5. The Balaban J connectivity index is 2.15. The second-order valence-corrected chi connectivity index (χ2v) is 5.23. The molecule has 0 bridgehead atoms. The molecule has 7 heteroatoms. The monoisotopic (exact) mass is 251 g/mol. The third-order valence-electron chi connectivity index (χ3n) is 2.48. The first-order valence-corrected chi connectivity index (χ1v) is 5.65. The summed E-state index contributed by atoms with van der Waals surface area (Å²) in [5.74, 6) is 0.445.